The van der Waals surface area contributed by atoms with Gasteiger partial charge < -0.3 is 0 Å². The first kappa shape index (κ1) is 9.71. The van der Waals surface area contributed by atoms with Crippen LogP contribution >= 0.6 is 50.4 Å². The molecule has 0 N–H and O–H groups in total. The quantitative estimate of drug-likeness (QED) is 0.744. The lowest BCUT2D eigenvalue weighted by Crippen LogP contribution is -1.99. The molecule has 0 saturated heterocycles. The fourth-order valence-corrected chi connectivity index (χ4v) is 4.74. The maximum atomic E-state index is 11.7. The lowest BCUT2D eigenvalue weighted by molar-refractivity contribution is 1.54. The summed E-state index contributed by atoms with van der Waals surface area (Å²) < 4.78 is 3.70. The Labute approximate surface area is 95.9 Å². The fraction of sp³-hybridized carbons (Fsp3) is 0.125. The zero-order valence-electron chi connectivity index (χ0n) is 6.67. The Morgan fingerprint density at radius 2 is 2.31 bits per heavy atom. The van der Waals surface area contributed by atoms with E-state index in [4.69, 9.17) is 0 Å². The van der Waals surface area contributed by atoms with Gasteiger partial charge in [-0.25, -0.2) is 0 Å². The van der Waals surface area contributed by atoms with Crippen LogP contribution in [-0.4, -0.2) is 6.26 Å². The molecule has 0 saturated carbocycles. The Balaban J connectivity index is 2.92. The van der Waals surface area contributed by atoms with Crippen LogP contribution in [0, 0.1) is 0 Å². The van der Waals surface area contributed by atoms with Crippen LogP contribution in [0.15, 0.2) is 24.9 Å². The molecule has 0 aromatic carbocycles. The van der Waals surface area contributed by atoms with Crippen molar-refractivity contribution in [2.45, 2.75) is 4.21 Å². The highest BCUT2D eigenvalue weighted by atomic mass is 79.9. The van der Waals surface area contributed by atoms with Gasteiger partial charge in [-0.05, 0) is 33.6 Å². The number of hydrogen-bond donors (Lipinski definition) is 0. The van der Waals surface area contributed by atoms with E-state index in [0.29, 0.717) is 4.47 Å². The summed E-state index contributed by atoms with van der Waals surface area (Å²) in [5, 5.41) is 1.96. The summed E-state index contributed by atoms with van der Waals surface area (Å²) in [6.45, 7) is 0. The average molecular weight is 293 g/mol. The van der Waals surface area contributed by atoms with Gasteiger partial charge in [0.15, 0.2) is 0 Å². The highest BCUT2D eigenvalue weighted by Crippen LogP contribution is 2.33. The summed E-state index contributed by atoms with van der Waals surface area (Å²) in [5.41, 5.74) is 0.119. The van der Waals surface area contributed by atoms with Crippen LogP contribution in [-0.2, 0) is 0 Å². The monoisotopic (exact) mass is 292 g/mol. The Morgan fingerprint density at radius 3 is 3.00 bits per heavy atom. The topological polar surface area (TPSA) is 17.1 Å². The number of thioether (sulfide) groups is 1. The molecule has 5 heteroatoms. The minimum Gasteiger partial charge on any atom is -0.287 e. The predicted octanol–water partition coefficient (Wildman–Crippen LogP) is 3.81. The second kappa shape index (κ2) is 3.73. The summed E-state index contributed by atoms with van der Waals surface area (Å²) in [4.78, 5) is 11.7. The molecule has 0 radical (unpaired) electrons. The number of rotatable bonds is 1. The first-order chi connectivity index (χ1) is 6.24. The molecule has 0 aliphatic rings. The van der Waals surface area contributed by atoms with E-state index < -0.39 is 0 Å². The Kier molecular flexibility index (Phi) is 2.78. The van der Waals surface area contributed by atoms with E-state index in [2.05, 4.69) is 15.9 Å². The minimum absolute atomic E-state index is 0.119. The summed E-state index contributed by atoms with van der Waals surface area (Å²) in [7, 11) is 0. The van der Waals surface area contributed by atoms with Gasteiger partial charge in [0, 0.05) is 0 Å². The number of halogens is 1. The fourth-order valence-electron chi connectivity index (χ4n) is 1.01. The normalized spacial score (nSPS) is 10.9. The standard InChI is InChI=1S/C8H5BrOS3/c1-11-8-5(9)6(10)7-4(13-8)2-3-12-7/h2-3H,1H3. The maximum Gasteiger partial charge on any atom is 0.213 e. The zero-order chi connectivity index (χ0) is 9.42. The van der Waals surface area contributed by atoms with Gasteiger partial charge in [-0.2, -0.15) is 0 Å². The van der Waals surface area contributed by atoms with Crippen LogP contribution < -0.4 is 5.43 Å². The molecule has 0 fully saturated rings. The molecule has 0 aliphatic heterocycles. The lowest BCUT2D eigenvalue weighted by Gasteiger charge is -1.97. The smallest absolute Gasteiger partial charge is 0.213 e. The molecule has 0 bridgehead atoms. The van der Waals surface area contributed by atoms with Crippen LogP contribution in [0.4, 0.5) is 0 Å². The van der Waals surface area contributed by atoms with E-state index in [1.54, 1.807) is 23.1 Å². The Morgan fingerprint density at radius 1 is 1.54 bits per heavy atom. The molecule has 2 aromatic rings. The molecule has 0 aliphatic carbocycles. The van der Waals surface area contributed by atoms with E-state index >= 15 is 0 Å². The first-order valence-corrected chi connectivity index (χ1v) is 7.19. The molecular formula is C8H5BrOS3. The zero-order valence-corrected chi connectivity index (χ0v) is 10.7. The van der Waals surface area contributed by atoms with E-state index in [1.807, 2.05) is 17.7 Å². The van der Waals surface area contributed by atoms with Crippen molar-refractivity contribution in [3.05, 3.63) is 26.1 Å². The molecule has 0 amide bonds. The van der Waals surface area contributed by atoms with Crippen molar-refractivity contribution < 1.29 is 0 Å². The molecule has 2 rings (SSSR count). The summed E-state index contributed by atoms with van der Waals surface area (Å²) in [6, 6.07) is 2.00. The third-order valence-corrected chi connectivity index (χ3v) is 6.20. The average Bonchev–Trinajstić information content (AvgIpc) is 2.59. The van der Waals surface area contributed by atoms with Crippen molar-refractivity contribution in [1.29, 1.82) is 0 Å². The Hall–Kier alpha value is 0.160. The van der Waals surface area contributed by atoms with Crippen LogP contribution in [0.1, 0.15) is 0 Å². The molecule has 0 unspecified atom stereocenters. The second-order valence-corrected chi connectivity index (χ2v) is 6.19. The Bertz CT molecular complexity index is 500. The van der Waals surface area contributed by atoms with Gasteiger partial charge in [-0.15, -0.1) is 34.4 Å². The first-order valence-electron chi connectivity index (χ1n) is 3.48. The molecule has 2 aromatic heterocycles. The van der Waals surface area contributed by atoms with Crippen molar-refractivity contribution in [1.82, 2.24) is 0 Å². The SMILES string of the molecule is CSc1sc2ccsc2c(=O)c1Br. The number of hydrogen-bond acceptors (Lipinski definition) is 4. The van der Waals surface area contributed by atoms with E-state index in [1.165, 1.54) is 11.3 Å². The summed E-state index contributed by atoms with van der Waals surface area (Å²) in [5.74, 6) is 0. The third-order valence-electron chi connectivity index (χ3n) is 1.60. The highest BCUT2D eigenvalue weighted by Gasteiger charge is 2.09. The summed E-state index contributed by atoms with van der Waals surface area (Å²) in [6.07, 6.45) is 1.98. The maximum absolute atomic E-state index is 11.7. The molecular weight excluding hydrogens is 288 g/mol. The molecule has 2 heterocycles. The predicted molar refractivity (Wildman–Crippen MR) is 65.5 cm³/mol. The van der Waals surface area contributed by atoms with Gasteiger partial charge >= 0.3 is 0 Å². The van der Waals surface area contributed by atoms with Crippen LogP contribution in [0.3, 0.4) is 0 Å². The molecule has 1 nitrogen and oxygen atoms in total. The number of thiophene rings is 1. The van der Waals surface area contributed by atoms with Gasteiger partial charge in [0.1, 0.15) is 0 Å². The molecule has 0 spiro atoms. The lowest BCUT2D eigenvalue weighted by atomic mass is 10.5. The van der Waals surface area contributed by atoms with Gasteiger partial charge in [0.05, 0.1) is 18.1 Å². The van der Waals surface area contributed by atoms with Crippen molar-refractivity contribution >= 4 is 59.8 Å². The second-order valence-electron chi connectivity index (χ2n) is 2.35. The van der Waals surface area contributed by atoms with E-state index in [9.17, 15) is 4.79 Å². The molecule has 68 valence electrons. The van der Waals surface area contributed by atoms with Crippen LogP contribution in [0.2, 0.25) is 0 Å². The summed E-state index contributed by atoms with van der Waals surface area (Å²) >= 11 is 8.10. The van der Waals surface area contributed by atoms with E-state index in [0.717, 1.165) is 13.6 Å². The highest BCUT2D eigenvalue weighted by molar-refractivity contribution is 9.10. The third kappa shape index (κ3) is 1.58. The van der Waals surface area contributed by atoms with E-state index in [-0.39, 0.29) is 5.43 Å². The number of fused-ring (bicyclic) bond motifs is 1. The van der Waals surface area contributed by atoms with Crippen molar-refractivity contribution in [3.8, 4) is 0 Å². The van der Waals surface area contributed by atoms with Gasteiger partial charge in [0.2, 0.25) is 5.43 Å². The largest absolute Gasteiger partial charge is 0.287 e. The van der Waals surface area contributed by atoms with Crippen molar-refractivity contribution in [2.24, 2.45) is 0 Å². The van der Waals surface area contributed by atoms with Crippen molar-refractivity contribution in [2.75, 3.05) is 6.26 Å². The molecule has 0 atom stereocenters. The van der Waals surface area contributed by atoms with Gasteiger partial charge in [-0.3, -0.25) is 4.79 Å². The van der Waals surface area contributed by atoms with Crippen molar-refractivity contribution in [3.63, 3.8) is 0 Å². The van der Waals surface area contributed by atoms with Crippen LogP contribution in [0.25, 0.3) is 9.40 Å². The molecule has 13 heavy (non-hydrogen) atoms. The van der Waals surface area contributed by atoms with Crippen LogP contribution in [0.5, 0.6) is 0 Å². The van der Waals surface area contributed by atoms with Gasteiger partial charge in [-0.1, -0.05) is 0 Å². The minimum atomic E-state index is 0.119. The van der Waals surface area contributed by atoms with Gasteiger partial charge in [0.25, 0.3) is 0 Å².